The van der Waals surface area contributed by atoms with Crippen molar-refractivity contribution in [3.63, 3.8) is 0 Å². The van der Waals surface area contributed by atoms with Gasteiger partial charge in [-0.15, -0.1) is 0 Å². The molecule has 0 amide bonds. The predicted octanol–water partition coefficient (Wildman–Crippen LogP) is 2.89. The van der Waals surface area contributed by atoms with Gasteiger partial charge in [-0.05, 0) is 57.8 Å². The van der Waals surface area contributed by atoms with Crippen LogP contribution >= 0.6 is 0 Å². The van der Waals surface area contributed by atoms with E-state index >= 15 is 0 Å². The van der Waals surface area contributed by atoms with E-state index in [4.69, 9.17) is 13.9 Å². The van der Waals surface area contributed by atoms with Crippen LogP contribution in [0.3, 0.4) is 0 Å². The van der Waals surface area contributed by atoms with E-state index < -0.39 is 0 Å². The fourth-order valence-electron chi connectivity index (χ4n) is 3.79. The lowest BCUT2D eigenvalue weighted by atomic mass is 9.97. The standard InChI is InChI=1S/C23H35N5O3/c1-16-17(2)31-22(27-16)15-28-10-8-18(9-11-28)13-25-23(24-3)26-14-19-6-7-20(29-4)12-21(19)30-5/h6-7,12,18H,8-11,13-15H2,1-5H3,(H2,24,25,26). The van der Waals surface area contributed by atoms with Crippen molar-refractivity contribution in [1.82, 2.24) is 20.5 Å². The van der Waals surface area contributed by atoms with E-state index in [0.717, 1.165) is 79.4 Å². The number of methoxy groups -OCH3 is 2. The van der Waals surface area contributed by atoms with Gasteiger partial charge in [0.05, 0.1) is 26.5 Å². The first kappa shape index (κ1) is 22.9. The number of rotatable bonds is 8. The lowest BCUT2D eigenvalue weighted by molar-refractivity contribution is 0.164. The van der Waals surface area contributed by atoms with Gasteiger partial charge in [-0.1, -0.05) is 0 Å². The van der Waals surface area contributed by atoms with Crippen molar-refractivity contribution in [2.24, 2.45) is 10.9 Å². The maximum atomic E-state index is 5.73. The van der Waals surface area contributed by atoms with Gasteiger partial charge in [-0.2, -0.15) is 0 Å². The maximum Gasteiger partial charge on any atom is 0.208 e. The number of oxazole rings is 1. The quantitative estimate of drug-likeness (QED) is 0.493. The van der Waals surface area contributed by atoms with Crippen LogP contribution in [0.2, 0.25) is 0 Å². The second kappa shape index (κ2) is 11.0. The number of aliphatic imine (C=N–C) groups is 1. The highest BCUT2D eigenvalue weighted by Crippen LogP contribution is 2.24. The fourth-order valence-corrected chi connectivity index (χ4v) is 3.79. The molecule has 0 bridgehead atoms. The first-order valence-electron chi connectivity index (χ1n) is 10.8. The number of guanidine groups is 1. The first-order chi connectivity index (χ1) is 15.0. The highest BCUT2D eigenvalue weighted by Gasteiger charge is 2.21. The number of nitrogens with one attached hydrogen (secondary N) is 2. The molecule has 0 saturated carbocycles. The maximum absolute atomic E-state index is 5.73. The number of nitrogens with zero attached hydrogens (tertiary/aromatic N) is 3. The lowest BCUT2D eigenvalue weighted by Crippen LogP contribution is -2.42. The Morgan fingerprint density at radius 2 is 1.97 bits per heavy atom. The highest BCUT2D eigenvalue weighted by molar-refractivity contribution is 5.79. The van der Waals surface area contributed by atoms with Crippen LogP contribution in [-0.2, 0) is 13.1 Å². The molecule has 8 heteroatoms. The van der Waals surface area contributed by atoms with E-state index in [0.29, 0.717) is 12.5 Å². The molecule has 3 rings (SSSR count). The topological polar surface area (TPSA) is 84.2 Å². The average molecular weight is 430 g/mol. The van der Waals surface area contributed by atoms with E-state index in [-0.39, 0.29) is 0 Å². The van der Waals surface area contributed by atoms with Crippen LogP contribution < -0.4 is 20.1 Å². The minimum absolute atomic E-state index is 0.623. The molecule has 31 heavy (non-hydrogen) atoms. The summed E-state index contributed by atoms with van der Waals surface area (Å²) in [5, 5.41) is 6.84. The van der Waals surface area contributed by atoms with Gasteiger partial charge in [0, 0.05) is 31.8 Å². The van der Waals surface area contributed by atoms with Crippen LogP contribution in [0, 0.1) is 19.8 Å². The number of hydrogen-bond donors (Lipinski definition) is 2. The average Bonchev–Trinajstić information content (AvgIpc) is 3.11. The molecule has 1 saturated heterocycles. The number of piperidine rings is 1. The van der Waals surface area contributed by atoms with E-state index in [1.807, 2.05) is 32.0 Å². The molecule has 1 aromatic heterocycles. The minimum atomic E-state index is 0.623. The van der Waals surface area contributed by atoms with Crippen LogP contribution in [0.5, 0.6) is 11.5 Å². The Balaban J connectivity index is 1.41. The van der Waals surface area contributed by atoms with Gasteiger partial charge >= 0.3 is 0 Å². The van der Waals surface area contributed by atoms with Gasteiger partial charge in [-0.3, -0.25) is 9.89 Å². The normalized spacial score (nSPS) is 15.7. The second-order valence-corrected chi connectivity index (χ2v) is 7.95. The Morgan fingerprint density at radius 1 is 1.19 bits per heavy atom. The lowest BCUT2D eigenvalue weighted by Gasteiger charge is -2.31. The largest absolute Gasteiger partial charge is 0.497 e. The molecule has 1 fully saturated rings. The summed E-state index contributed by atoms with van der Waals surface area (Å²) in [5.41, 5.74) is 2.04. The van der Waals surface area contributed by atoms with Crippen molar-refractivity contribution >= 4 is 5.96 Å². The smallest absolute Gasteiger partial charge is 0.208 e. The number of likely N-dealkylation sites (tertiary alicyclic amines) is 1. The zero-order chi connectivity index (χ0) is 22.2. The summed E-state index contributed by atoms with van der Waals surface area (Å²) >= 11 is 0. The molecule has 0 radical (unpaired) electrons. The summed E-state index contributed by atoms with van der Waals surface area (Å²) in [6.07, 6.45) is 2.30. The summed E-state index contributed by atoms with van der Waals surface area (Å²) in [6.45, 7) is 8.40. The Kier molecular flexibility index (Phi) is 8.17. The molecule has 1 aliphatic heterocycles. The predicted molar refractivity (Wildman–Crippen MR) is 122 cm³/mol. The summed E-state index contributed by atoms with van der Waals surface area (Å²) in [7, 11) is 5.12. The highest BCUT2D eigenvalue weighted by atomic mass is 16.5. The molecule has 0 unspecified atom stereocenters. The third-order valence-electron chi connectivity index (χ3n) is 5.86. The van der Waals surface area contributed by atoms with Crippen LogP contribution in [0.1, 0.15) is 35.7 Å². The van der Waals surface area contributed by atoms with Crippen LogP contribution in [0.25, 0.3) is 0 Å². The fraction of sp³-hybridized carbons (Fsp3) is 0.565. The van der Waals surface area contributed by atoms with Crippen molar-refractivity contribution < 1.29 is 13.9 Å². The van der Waals surface area contributed by atoms with Crippen LogP contribution in [0.15, 0.2) is 27.6 Å². The van der Waals surface area contributed by atoms with Gasteiger partial charge < -0.3 is 24.5 Å². The zero-order valence-corrected chi connectivity index (χ0v) is 19.3. The van der Waals surface area contributed by atoms with Crippen molar-refractivity contribution in [2.45, 2.75) is 39.8 Å². The number of aromatic nitrogens is 1. The molecule has 1 aliphatic rings. The molecule has 170 valence electrons. The van der Waals surface area contributed by atoms with E-state index in [1.54, 1.807) is 21.3 Å². The van der Waals surface area contributed by atoms with Gasteiger partial charge in [0.1, 0.15) is 17.3 Å². The second-order valence-electron chi connectivity index (χ2n) is 7.95. The summed E-state index contributed by atoms with van der Waals surface area (Å²) in [5.74, 6) is 4.74. The van der Waals surface area contributed by atoms with Crippen molar-refractivity contribution in [3.8, 4) is 11.5 Å². The minimum Gasteiger partial charge on any atom is -0.497 e. The first-order valence-corrected chi connectivity index (χ1v) is 10.8. The monoisotopic (exact) mass is 429 g/mol. The molecular weight excluding hydrogens is 394 g/mol. The Bertz CT molecular complexity index is 853. The molecular formula is C23H35N5O3. The van der Waals surface area contributed by atoms with E-state index in [1.165, 1.54) is 0 Å². The number of benzene rings is 1. The third kappa shape index (κ3) is 6.37. The molecule has 2 heterocycles. The van der Waals surface area contributed by atoms with Gasteiger partial charge in [0.15, 0.2) is 5.96 Å². The molecule has 8 nitrogen and oxygen atoms in total. The number of hydrogen-bond acceptors (Lipinski definition) is 6. The molecule has 2 N–H and O–H groups in total. The number of ether oxygens (including phenoxy) is 2. The third-order valence-corrected chi connectivity index (χ3v) is 5.86. The zero-order valence-electron chi connectivity index (χ0n) is 19.3. The van der Waals surface area contributed by atoms with E-state index in [2.05, 4.69) is 25.5 Å². The molecule has 1 aromatic carbocycles. The van der Waals surface area contributed by atoms with Crippen molar-refractivity contribution in [1.29, 1.82) is 0 Å². The molecule has 0 atom stereocenters. The van der Waals surface area contributed by atoms with Gasteiger partial charge in [0.2, 0.25) is 5.89 Å². The molecule has 0 aliphatic carbocycles. The Hall–Kier alpha value is -2.74. The summed E-state index contributed by atoms with van der Waals surface area (Å²) in [4.78, 5) is 11.3. The van der Waals surface area contributed by atoms with Crippen molar-refractivity contribution in [3.05, 3.63) is 41.1 Å². The Labute approximate surface area is 185 Å². The number of aryl methyl sites for hydroxylation is 2. The van der Waals surface area contributed by atoms with Gasteiger partial charge in [0.25, 0.3) is 0 Å². The summed E-state index contributed by atoms with van der Waals surface area (Å²) in [6, 6.07) is 5.83. The molecule has 2 aromatic rings. The van der Waals surface area contributed by atoms with Crippen LogP contribution in [0.4, 0.5) is 0 Å². The van der Waals surface area contributed by atoms with E-state index in [9.17, 15) is 0 Å². The van der Waals surface area contributed by atoms with Crippen LogP contribution in [-0.4, -0.2) is 56.7 Å². The Morgan fingerprint density at radius 3 is 2.58 bits per heavy atom. The SMILES string of the molecule is CN=C(NCc1ccc(OC)cc1OC)NCC1CCN(Cc2nc(C)c(C)o2)CC1. The molecule has 0 spiro atoms. The summed E-state index contributed by atoms with van der Waals surface area (Å²) < 4.78 is 16.5. The van der Waals surface area contributed by atoms with Crippen molar-refractivity contribution in [2.75, 3.05) is 40.9 Å². The van der Waals surface area contributed by atoms with Gasteiger partial charge in [-0.25, -0.2) is 4.98 Å².